The molecule has 0 aromatic carbocycles. The number of aryl methyl sites for hydroxylation is 1. The first-order valence-electron chi connectivity index (χ1n) is 6.22. The summed E-state index contributed by atoms with van der Waals surface area (Å²) in [6, 6.07) is 0.488. The van der Waals surface area contributed by atoms with Gasteiger partial charge in [0.1, 0.15) is 0 Å². The van der Waals surface area contributed by atoms with E-state index in [1.165, 1.54) is 12.8 Å². The molecule has 0 radical (unpaired) electrons. The molecule has 2 rings (SSSR count). The molecule has 1 atom stereocenters. The topological polar surface area (TPSA) is 50.2 Å². The van der Waals surface area contributed by atoms with Gasteiger partial charge in [-0.1, -0.05) is 0 Å². The van der Waals surface area contributed by atoms with Gasteiger partial charge in [0, 0.05) is 38.6 Å². The average molecular weight is 236 g/mol. The second kappa shape index (κ2) is 5.31. The van der Waals surface area contributed by atoms with Crippen molar-refractivity contribution in [3.05, 3.63) is 22.7 Å². The summed E-state index contributed by atoms with van der Waals surface area (Å²) in [6.07, 6.45) is 5.78. The molecular weight excluding hydrogens is 216 g/mol. The Labute approximate surface area is 101 Å². The Bertz CT molecular complexity index is 423. The lowest BCUT2D eigenvalue weighted by Crippen LogP contribution is -2.41. The molecule has 5 nitrogen and oxygen atoms in total. The van der Waals surface area contributed by atoms with Crippen LogP contribution in [0.4, 0.5) is 5.82 Å². The van der Waals surface area contributed by atoms with Crippen LogP contribution in [-0.2, 0) is 7.05 Å². The van der Waals surface area contributed by atoms with Crippen molar-refractivity contribution in [3.63, 3.8) is 0 Å². The van der Waals surface area contributed by atoms with Gasteiger partial charge in [0.15, 0.2) is 5.82 Å². The van der Waals surface area contributed by atoms with Crippen LogP contribution in [0.1, 0.15) is 19.8 Å². The molecule has 0 aliphatic carbocycles. The predicted octanol–water partition coefficient (Wildman–Crippen LogP) is 0.359. The first-order valence-corrected chi connectivity index (χ1v) is 6.22. The van der Waals surface area contributed by atoms with Gasteiger partial charge in [-0.15, -0.1) is 0 Å². The molecule has 1 aromatic rings. The van der Waals surface area contributed by atoms with Gasteiger partial charge in [0.25, 0.3) is 5.56 Å². The SMILES string of the molecule is CCN(CC1CCCN1)c1nccn(C)c1=O. The van der Waals surface area contributed by atoms with E-state index in [9.17, 15) is 4.79 Å². The van der Waals surface area contributed by atoms with E-state index in [4.69, 9.17) is 0 Å². The van der Waals surface area contributed by atoms with Crippen molar-refractivity contribution < 1.29 is 0 Å². The highest BCUT2D eigenvalue weighted by Crippen LogP contribution is 2.10. The largest absolute Gasteiger partial charge is 0.351 e. The monoisotopic (exact) mass is 236 g/mol. The van der Waals surface area contributed by atoms with E-state index in [2.05, 4.69) is 22.1 Å². The zero-order valence-electron chi connectivity index (χ0n) is 10.5. The molecule has 0 amide bonds. The fraction of sp³-hybridized carbons (Fsp3) is 0.667. The number of anilines is 1. The van der Waals surface area contributed by atoms with Gasteiger partial charge in [-0.2, -0.15) is 0 Å². The molecule has 1 unspecified atom stereocenters. The average Bonchev–Trinajstić information content (AvgIpc) is 2.83. The highest BCUT2D eigenvalue weighted by Gasteiger charge is 2.19. The van der Waals surface area contributed by atoms with Crippen LogP contribution in [-0.4, -0.2) is 35.2 Å². The summed E-state index contributed by atoms with van der Waals surface area (Å²) in [5.74, 6) is 0.561. The zero-order valence-corrected chi connectivity index (χ0v) is 10.5. The van der Waals surface area contributed by atoms with Crippen LogP contribution in [0.5, 0.6) is 0 Å². The van der Waals surface area contributed by atoms with Gasteiger partial charge in [-0.05, 0) is 26.3 Å². The lowest BCUT2D eigenvalue weighted by Gasteiger charge is -2.24. The minimum absolute atomic E-state index is 0.0210. The maximum absolute atomic E-state index is 12.0. The Balaban J connectivity index is 2.16. The van der Waals surface area contributed by atoms with Crippen LogP contribution in [0.2, 0.25) is 0 Å². The van der Waals surface area contributed by atoms with Crippen molar-refractivity contribution in [3.8, 4) is 0 Å². The highest BCUT2D eigenvalue weighted by molar-refractivity contribution is 5.35. The molecule has 1 aliphatic heterocycles. The number of hydrogen-bond donors (Lipinski definition) is 1. The first kappa shape index (κ1) is 12.1. The van der Waals surface area contributed by atoms with E-state index >= 15 is 0 Å². The molecule has 0 bridgehead atoms. The van der Waals surface area contributed by atoms with Gasteiger partial charge in [0.2, 0.25) is 0 Å². The first-order chi connectivity index (χ1) is 8.22. The molecule has 5 heteroatoms. The minimum atomic E-state index is -0.0210. The molecule has 1 aromatic heterocycles. The van der Waals surface area contributed by atoms with Gasteiger partial charge < -0.3 is 14.8 Å². The summed E-state index contributed by atoms with van der Waals surface area (Å²) in [7, 11) is 1.76. The van der Waals surface area contributed by atoms with Crippen LogP contribution in [0.3, 0.4) is 0 Å². The zero-order chi connectivity index (χ0) is 12.3. The fourth-order valence-electron chi connectivity index (χ4n) is 2.25. The van der Waals surface area contributed by atoms with Crippen LogP contribution >= 0.6 is 0 Å². The number of nitrogens with zero attached hydrogens (tertiary/aromatic N) is 3. The smallest absolute Gasteiger partial charge is 0.293 e. The van der Waals surface area contributed by atoms with Gasteiger partial charge >= 0.3 is 0 Å². The summed E-state index contributed by atoms with van der Waals surface area (Å²) in [4.78, 5) is 18.3. The number of likely N-dealkylation sites (N-methyl/N-ethyl adjacent to an activating group) is 1. The lowest BCUT2D eigenvalue weighted by molar-refractivity contribution is 0.580. The Hall–Kier alpha value is -1.36. The van der Waals surface area contributed by atoms with E-state index in [0.29, 0.717) is 11.9 Å². The van der Waals surface area contributed by atoms with E-state index in [-0.39, 0.29) is 5.56 Å². The van der Waals surface area contributed by atoms with Gasteiger partial charge in [-0.25, -0.2) is 4.98 Å². The predicted molar refractivity (Wildman–Crippen MR) is 68.4 cm³/mol. The Morgan fingerprint density at radius 2 is 2.47 bits per heavy atom. The lowest BCUT2D eigenvalue weighted by atomic mass is 10.2. The maximum atomic E-state index is 12.0. The van der Waals surface area contributed by atoms with Crippen LogP contribution in [0.15, 0.2) is 17.2 Å². The molecule has 0 saturated carbocycles. The summed E-state index contributed by atoms with van der Waals surface area (Å²) in [5.41, 5.74) is -0.0210. The molecule has 17 heavy (non-hydrogen) atoms. The summed E-state index contributed by atoms with van der Waals surface area (Å²) in [6.45, 7) is 4.82. The molecule has 1 saturated heterocycles. The Kier molecular flexibility index (Phi) is 3.78. The fourth-order valence-corrected chi connectivity index (χ4v) is 2.25. The van der Waals surface area contributed by atoms with Crippen LogP contribution in [0.25, 0.3) is 0 Å². The van der Waals surface area contributed by atoms with Crippen molar-refractivity contribution in [1.82, 2.24) is 14.9 Å². The van der Waals surface area contributed by atoms with E-state index in [0.717, 1.165) is 19.6 Å². The number of hydrogen-bond acceptors (Lipinski definition) is 4. The molecule has 1 N–H and O–H groups in total. The van der Waals surface area contributed by atoms with Crippen LogP contribution in [0, 0.1) is 0 Å². The summed E-state index contributed by atoms with van der Waals surface area (Å²) >= 11 is 0. The van der Waals surface area contributed by atoms with Crippen molar-refractivity contribution in [1.29, 1.82) is 0 Å². The third-order valence-corrected chi connectivity index (χ3v) is 3.28. The van der Waals surface area contributed by atoms with E-state index in [1.54, 1.807) is 24.0 Å². The maximum Gasteiger partial charge on any atom is 0.293 e. The molecular formula is C12H20N4O. The third kappa shape index (κ3) is 2.66. The quantitative estimate of drug-likeness (QED) is 0.820. The molecule has 1 aliphatic rings. The van der Waals surface area contributed by atoms with Crippen molar-refractivity contribution in [2.45, 2.75) is 25.8 Å². The standard InChI is InChI=1S/C12H20N4O/c1-3-16(9-10-5-4-6-13-10)11-12(17)15(2)8-7-14-11/h7-8,10,13H,3-6,9H2,1-2H3. The second-order valence-corrected chi connectivity index (χ2v) is 4.50. The number of nitrogens with one attached hydrogen (secondary N) is 1. The summed E-state index contributed by atoms with van der Waals surface area (Å²) < 4.78 is 1.58. The molecule has 1 fully saturated rings. The Morgan fingerprint density at radius 3 is 3.12 bits per heavy atom. The third-order valence-electron chi connectivity index (χ3n) is 3.28. The molecule has 94 valence electrons. The van der Waals surface area contributed by atoms with Crippen molar-refractivity contribution in [2.75, 3.05) is 24.5 Å². The second-order valence-electron chi connectivity index (χ2n) is 4.50. The normalized spacial score (nSPS) is 19.5. The summed E-state index contributed by atoms with van der Waals surface area (Å²) in [5, 5.41) is 3.45. The van der Waals surface area contributed by atoms with E-state index < -0.39 is 0 Å². The van der Waals surface area contributed by atoms with Gasteiger partial charge in [0.05, 0.1) is 0 Å². The number of aromatic nitrogens is 2. The molecule has 2 heterocycles. The highest BCUT2D eigenvalue weighted by atomic mass is 16.1. The molecule has 0 spiro atoms. The van der Waals surface area contributed by atoms with Crippen molar-refractivity contribution >= 4 is 5.82 Å². The van der Waals surface area contributed by atoms with Gasteiger partial charge in [-0.3, -0.25) is 4.79 Å². The van der Waals surface area contributed by atoms with Crippen molar-refractivity contribution in [2.24, 2.45) is 7.05 Å². The number of rotatable bonds is 4. The van der Waals surface area contributed by atoms with Crippen LogP contribution < -0.4 is 15.8 Å². The Morgan fingerprint density at radius 1 is 1.65 bits per heavy atom. The van der Waals surface area contributed by atoms with E-state index in [1.807, 2.05) is 0 Å². The minimum Gasteiger partial charge on any atom is -0.351 e.